The van der Waals surface area contributed by atoms with Gasteiger partial charge in [-0.15, -0.1) is 0 Å². The van der Waals surface area contributed by atoms with Gasteiger partial charge in [0.1, 0.15) is 36.9 Å². The Morgan fingerprint density at radius 2 is 1.50 bits per heavy atom. The average molecular weight is 452 g/mol. The van der Waals surface area contributed by atoms with Crippen molar-refractivity contribution in [3.05, 3.63) is 30.4 Å². The molecule has 175 valence electrons. The largest absolute Gasteiger partial charge is 0.497 e. The molecular formula is C21H26NO10. The van der Waals surface area contributed by atoms with Crippen LogP contribution in [0.1, 0.15) is 31.1 Å². The third-order valence-electron chi connectivity index (χ3n) is 4.43. The molecule has 0 aliphatic carbocycles. The number of ether oxygens (including phenoxy) is 6. The smallest absolute Gasteiger partial charge is 0.303 e. The molecule has 1 saturated heterocycles. The van der Waals surface area contributed by atoms with Crippen LogP contribution in [0.3, 0.4) is 0 Å². The molecule has 1 heterocycles. The summed E-state index contributed by atoms with van der Waals surface area (Å²) < 4.78 is 31.4. The second kappa shape index (κ2) is 11.3. The minimum atomic E-state index is -1.13. The van der Waals surface area contributed by atoms with E-state index in [-0.39, 0.29) is 12.2 Å². The maximum absolute atomic E-state index is 13.0. The van der Waals surface area contributed by atoms with E-state index < -0.39 is 48.2 Å². The topological polar surface area (TPSA) is 136 Å². The van der Waals surface area contributed by atoms with Gasteiger partial charge in [-0.2, -0.15) is 0 Å². The fourth-order valence-electron chi connectivity index (χ4n) is 3.06. The Hall–Kier alpha value is -3.34. The van der Waals surface area contributed by atoms with E-state index in [9.17, 15) is 19.2 Å². The Balaban J connectivity index is 2.36. The first-order valence-electron chi connectivity index (χ1n) is 9.65. The SMILES string of the molecule is COc1cc(OC)cc(C(=O)N[C@H]2[C@@H](OC(C)=O)[C@@H](COC(C)=O)O[CH][C@@H]2OC(C)=O)c1. The summed E-state index contributed by atoms with van der Waals surface area (Å²) in [4.78, 5) is 47.6. The van der Waals surface area contributed by atoms with Crippen LogP contribution < -0.4 is 14.8 Å². The second-order valence-corrected chi connectivity index (χ2v) is 6.86. The molecule has 0 bridgehead atoms. The zero-order valence-electron chi connectivity index (χ0n) is 18.4. The van der Waals surface area contributed by atoms with Gasteiger partial charge in [-0.3, -0.25) is 19.2 Å². The van der Waals surface area contributed by atoms with Crippen molar-refractivity contribution in [2.75, 3.05) is 20.8 Å². The molecule has 2 rings (SSSR count). The van der Waals surface area contributed by atoms with E-state index in [1.807, 2.05) is 0 Å². The van der Waals surface area contributed by atoms with Gasteiger partial charge < -0.3 is 33.7 Å². The summed E-state index contributed by atoms with van der Waals surface area (Å²) in [5.41, 5.74) is 0.187. The first-order chi connectivity index (χ1) is 15.1. The molecule has 0 spiro atoms. The van der Waals surface area contributed by atoms with E-state index in [0.29, 0.717) is 11.5 Å². The summed E-state index contributed by atoms with van der Waals surface area (Å²) in [6.07, 6.45) is -3.15. The first-order valence-corrected chi connectivity index (χ1v) is 9.65. The van der Waals surface area contributed by atoms with Gasteiger partial charge in [-0.25, -0.2) is 0 Å². The van der Waals surface area contributed by atoms with Crippen LogP contribution in [0.4, 0.5) is 0 Å². The number of methoxy groups -OCH3 is 2. The van der Waals surface area contributed by atoms with E-state index >= 15 is 0 Å². The van der Waals surface area contributed by atoms with Gasteiger partial charge in [0.25, 0.3) is 5.91 Å². The fraction of sp³-hybridized carbons (Fsp3) is 0.476. The molecule has 1 aromatic rings. The molecule has 0 unspecified atom stereocenters. The molecule has 32 heavy (non-hydrogen) atoms. The van der Waals surface area contributed by atoms with Gasteiger partial charge >= 0.3 is 17.9 Å². The minimum absolute atomic E-state index is 0.187. The first kappa shape index (κ1) is 24.9. The minimum Gasteiger partial charge on any atom is -0.497 e. The van der Waals surface area contributed by atoms with E-state index in [0.717, 1.165) is 0 Å². The Morgan fingerprint density at radius 1 is 0.906 bits per heavy atom. The predicted octanol–water partition coefficient (Wildman–Crippen LogP) is 0.789. The highest BCUT2D eigenvalue weighted by atomic mass is 16.6. The molecular weight excluding hydrogens is 426 g/mol. The van der Waals surface area contributed by atoms with Gasteiger partial charge in [0.15, 0.2) is 12.2 Å². The third kappa shape index (κ3) is 6.84. The van der Waals surface area contributed by atoms with Gasteiger partial charge in [0.05, 0.1) is 14.2 Å². The van der Waals surface area contributed by atoms with E-state index in [4.69, 9.17) is 28.4 Å². The Bertz CT molecular complexity index is 833. The summed E-state index contributed by atoms with van der Waals surface area (Å²) in [5.74, 6) is -1.69. The Kier molecular flexibility index (Phi) is 8.82. The fourth-order valence-corrected chi connectivity index (χ4v) is 3.06. The number of carbonyl (C=O) groups excluding carboxylic acids is 4. The van der Waals surface area contributed by atoms with Crippen LogP contribution in [0.2, 0.25) is 0 Å². The predicted molar refractivity (Wildman–Crippen MR) is 108 cm³/mol. The van der Waals surface area contributed by atoms with Crippen molar-refractivity contribution in [1.82, 2.24) is 5.32 Å². The number of hydrogen-bond acceptors (Lipinski definition) is 10. The lowest BCUT2D eigenvalue weighted by atomic mass is 9.96. The van der Waals surface area contributed by atoms with Crippen molar-refractivity contribution in [1.29, 1.82) is 0 Å². The standard InChI is InChI=1S/C21H26NO10/c1-11(23)29-10-18-20(32-13(3)25)19(17(9-30-18)31-12(2)24)22-21(26)14-6-15(27-4)8-16(7-14)28-5/h6-9,17-20H,10H2,1-5H3,(H,22,26)/t17-,18+,19+,20-/m0/s1. The maximum atomic E-state index is 13.0. The molecule has 0 aromatic heterocycles. The second-order valence-electron chi connectivity index (χ2n) is 6.86. The molecule has 1 aromatic carbocycles. The van der Waals surface area contributed by atoms with Crippen LogP contribution in [-0.2, 0) is 33.3 Å². The molecule has 1 aliphatic rings. The third-order valence-corrected chi connectivity index (χ3v) is 4.43. The van der Waals surface area contributed by atoms with Gasteiger partial charge in [0.2, 0.25) is 0 Å². The van der Waals surface area contributed by atoms with E-state index in [2.05, 4.69) is 5.32 Å². The Labute approximate surface area is 185 Å². The van der Waals surface area contributed by atoms with Crippen molar-refractivity contribution in [2.24, 2.45) is 0 Å². The summed E-state index contributed by atoms with van der Waals surface area (Å²) in [5, 5.41) is 2.71. The number of hydrogen-bond donors (Lipinski definition) is 1. The molecule has 11 heteroatoms. The highest BCUT2D eigenvalue weighted by Crippen LogP contribution is 2.26. The zero-order valence-corrected chi connectivity index (χ0v) is 18.4. The highest BCUT2D eigenvalue weighted by molar-refractivity contribution is 5.95. The lowest BCUT2D eigenvalue weighted by molar-refractivity contribution is -0.184. The molecule has 1 aliphatic heterocycles. The lowest BCUT2D eigenvalue weighted by Gasteiger charge is -2.41. The van der Waals surface area contributed by atoms with Crippen LogP contribution in [0, 0.1) is 6.61 Å². The van der Waals surface area contributed by atoms with Crippen LogP contribution in [0.25, 0.3) is 0 Å². The number of carbonyl (C=O) groups is 4. The molecule has 1 amide bonds. The number of esters is 3. The van der Waals surface area contributed by atoms with Crippen LogP contribution >= 0.6 is 0 Å². The van der Waals surface area contributed by atoms with E-state index in [1.54, 1.807) is 6.07 Å². The highest BCUT2D eigenvalue weighted by Gasteiger charge is 2.46. The summed E-state index contributed by atoms with van der Waals surface area (Å²) >= 11 is 0. The normalized spacial score (nSPS) is 22.3. The molecule has 11 nitrogen and oxygen atoms in total. The van der Waals surface area contributed by atoms with Crippen LogP contribution in [-0.4, -0.2) is 69.0 Å². The van der Waals surface area contributed by atoms with Gasteiger partial charge in [-0.1, -0.05) is 0 Å². The number of nitrogens with one attached hydrogen (secondary N) is 1. The number of rotatable bonds is 8. The molecule has 4 atom stereocenters. The van der Waals surface area contributed by atoms with Crippen LogP contribution in [0.5, 0.6) is 11.5 Å². The maximum Gasteiger partial charge on any atom is 0.303 e. The molecule has 1 radical (unpaired) electrons. The summed E-state index contributed by atoms with van der Waals surface area (Å²) in [6.45, 7) is 4.51. The van der Waals surface area contributed by atoms with Crippen molar-refractivity contribution in [2.45, 2.75) is 45.1 Å². The lowest BCUT2D eigenvalue weighted by Crippen LogP contribution is -2.62. The molecule has 1 N–H and O–H groups in total. The molecule has 0 saturated carbocycles. The van der Waals surface area contributed by atoms with Gasteiger partial charge in [0, 0.05) is 32.4 Å². The van der Waals surface area contributed by atoms with Gasteiger partial charge in [-0.05, 0) is 12.1 Å². The van der Waals surface area contributed by atoms with Crippen molar-refractivity contribution < 1.29 is 47.6 Å². The average Bonchev–Trinajstić information content (AvgIpc) is 2.73. The van der Waals surface area contributed by atoms with E-state index in [1.165, 1.54) is 53.7 Å². The number of amides is 1. The quantitative estimate of drug-likeness (QED) is 0.445. The zero-order chi connectivity index (χ0) is 23.8. The Morgan fingerprint density at radius 3 is 2.00 bits per heavy atom. The van der Waals surface area contributed by atoms with Crippen LogP contribution in [0.15, 0.2) is 18.2 Å². The van der Waals surface area contributed by atoms with Crippen molar-refractivity contribution in [3.63, 3.8) is 0 Å². The summed E-state index contributed by atoms with van der Waals surface area (Å²) in [7, 11) is 2.88. The van der Waals surface area contributed by atoms with Crippen molar-refractivity contribution >= 4 is 23.8 Å². The van der Waals surface area contributed by atoms with Crippen molar-refractivity contribution in [3.8, 4) is 11.5 Å². The monoisotopic (exact) mass is 452 g/mol. The summed E-state index contributed by atoms with van der Waals surface area (Å²) in [6, 6.07) is 3.52. The number of benzene rings is 1. The molecule has 1 fully saturated rings.